The van der Waals surface area contributed by atoms with Gasteiger partial charge >= 0.3 is 0 Å². The molecule has 2 heterocycles. The van der Waals surface area contributed by atoms with Crippen molar-refractivity contribution in [3.63, 3.8) is 0 Å². The number of nitrogens with one attached hydrogen (secondary N) is 1. The molecule has 0 aliphatic carbocycles. The highest BCUT2D eigenvalue weighted by Gasteiger charge is 2.10. The molecule has 0 unspecified atom stereocenters. The summed E-state index contributed by atoms with van der Waals surface area (Å²) in [6, 6.07) is 9.67. The predicted molar refractivity (Wildman–Crippen MR) is 104 cm³/mol. The lowest BCUT2D eigenvalue weighted by Crippen LogP contribution is -2.15. The Morgan fingerprint density at radius 1 is 1.19 bits per heavy atom. The van der Waals surface area contributed by atoms with Crippen LogP contribution in [-0.2, 0) is 17.8 Å². The number of hydrogen-bond acceptors (Lipinski definition) is 5. The molecule has 0 saturated heterocycles. The van der Waals surface area contributed by atoms with E-state index in [4.69, 9.17) is 4.74 Å². The van der Waals surface area contributed by atoms with Crippen molar-refractivity contribution in [1.29, 1.82) is 0 Å². The van der Waals surface area contributed by atoms with Gasteiger partial charge in [-0.2, -0.15) is 0 Å². The molecule has 1 N–H and O–H groups in total. The third-order valence-corrected chi connectivity index (χ3v) is 4.94. The Kier molecular flexibility index (Phi) is 5.63. The molecule has 5 nitrogen and oxygen atoms in total. The molecule has 0 spiro atoms. The zero-order chi connectivity index (χ0) is 18.5. The highest BCUT2D eigenvalue weighted by Crippen LogP contribution is 2.19. The van der Waals surface area contributed by atoms with E-state index >= 15 is 0 Å². The summed E-state index contributed by atoms with van der Waals surface area (Å²) in [5.74, 6) is 0.638. The fourth-order valence-corrected chi connectivity index (χ4v) is 3.13. The minimum atomic E-state index is -0.0702. The molecule has 1 aromatic carbocycles. The molecular formula is C20H21N3O2S. The van der Waals surface area contributed by atoms with Gasteiger partial charge in [0.2, 0.25) is 5.91 Å². The maximum absolute atomic E-state index is 12.3. The van der Waals surface area contributed by atoms with Crippen LogP contribution in [0.1, 0.15) is 27.5 Å². The predicted octanol–water partition coefficient (Wildman–Crippen LogP) is 4.22. The largest absolute Gasteiger partial charge is 0.485 e. The topological polar surface area (TPSA) is 64.1 Å². The molecule has 0 atom stereocenters. The minimum absolute atomic E-state index is 0.0702. The van der Waals surface area contributed by atoms with Crippen LogP contribution in [0.3, 0.4) is 0 Å². The van der Waals surface area contributed by atoms with Crippen LogP contribution in [0.2, 0.25) is 0 Å². The first-order chi connectivity index (χ1) is 12.5. The third-order valence-electron chi connectivity index (χ3n) is 4.07. The number of benzene rings is 1. The molecule has 0 aliphatic heterocycles. The molecule has 0 saturated carbocycles. The lowest BCUT2D eigenvalue weighted by molar-refractivity contribution is -0.115. The second kappa shape index (κ2) is 8.10. The minimum Gasteiger partial charge on any atom is -0.485 e. The van der Waals surface area contributed by atoms with Crippen molar-refractivity contribution in [2.75, 3.05) is 5.32 Å². The number of amides is 1. The van der Waals surface area contributed by atoms with Crippen LogP contribution in [0.25, 0.3) is 0 Å². The van der Waals surface area contributed by atoms with Gasteiger partial charge in [-0.25, -0.2) is 4.98 Å². The van der Waals surface area contributed by atoms with Gasteiger partial charge in [0.15, 0.2) is 0 Å². The SMILES string of the molecule is Cc1ccc(OCc2nc(CC(=O)Nc3cccc(C)c3C)cs2)cn1. The maximum atomic E-state index is 12.3. The van der Waals surface area contributed by atoms with Crippen LogP contribution in [0.5, 0.6) is 5.75 Å². The Hall–Kier alpha value is -2.73. The summed E-state index contributed by atoms with van der Waals surface area (Å²) < 4.78 is 5.67. The van der Waals surface area contributed by atoms with Crippen LogP contribution >= 0.6 is 11.3 Å². The van der Waals surface area contributed by atoms with Crippen molar-refractivity contribution in [3.05, 3.63) is 69.4 Å². The van der Waals surface area contributed by atoms with Gasteiger partial charge in [0.25, 0.3) is 0 Å². The van der Waals surface area contributed by atoms with Gasteiger partial charge in [0, 0.05) is 16.8 Å². The van der Waals surface area contributed by atoms with Gasteiger partial charge in [-0.05, 0) is 50.1 Å². The van der Waals surface area contributed by atoms with Gasteiger partial charge < -0.3 is 10.1 Å². The van der Waals surface area contributed by atoms with E-state index in [0.29, 0.717) is 12.4 Å². The lowest BCUT2D eigenvalue weighted by atomic mass is 10.1. The smallest absolute Gasteiger partial charge is 0.230 e. The fraction of sp³-hybridized carbons (Fsp3) is 0.250. The molecule has 2 aromatic heterocycles. The van der Waals surface area contributed by atoms with Crippen LogP contribution < -0.4 is 10.1 Å². The van der Waals surface area contributed by atoms with Gasteiger partial charge in [-0.3, -0.25) is 9.78 Å². The summed E-state index contributed by atoms with van der Waals surface area (Å²) in [4.78, 5) is 21.0. The number of ether oxygens (including phenoxy) is 1. The van der Waals surface area contributed by atoms with Crippen molar-refractivity contribution in [3.8, 4) is 5.75 Å². The second-order valence-corrected chi connectivity index (χ2v) is 7.07. The van der Waals surface area contributed by atoms with E-state index in [1.165, 1.54) is 11.3 Å². The van der Waals surface area contributed by atoms with E-state index in [-0.39, 0.29) is 12.3 Å². The summed E-state index contributed by atoms with van der Waals surface area (Å²) in [5, 5.41) is 5.69. The van der Waals surface area contributed by atoms with Gasteiger partial charge in [-0.15, -0.1) is 11.3 Å². The van der Waals surface area contributed by atoms with Crippen molar-refractivity contribution in [2.24, 2.45) is 0 Å². The monoisotopic (exact) mass is 367 g/mol. The van der Waals surface area contributed by atoms with Crippen molar-refractivity contribution in [2.45, 2.75) is 33.8 Å². The molecule has 3 rings (SSSR count). The van der Waals surface area contributed by atoms with Crippen LogP contribution in [0.4, 0.5) is 5.69 Å². The Labute approximate surface area is 157 Å². The van der Waals surface area contributed by atoms with E-state index < -0.39 is 0 Å². The number of carbonyl (C=O) groups is 1. The fourth-order valence-electron chi connectivity index (χ4n) is 2.43. The first-order valence-electron chi connectivity index (χ1n) is 8.36. The maximum Gasteiger partial charge on any atom is 0.230 e. The quantitative estimate of drug-likeness (QED) is 0.708. The summed E-state index contributed by atoms with van der Waals surface area (Å²) in [6.45, 7) is 6.33. The molecule has 1 amide bonds. The van der Waals surface area contributed by atoms with Crippen LogP contribution in [-0.4, -0.2) is 15.9 Å². The Balaban J connectivity index is 1.55. The number of pyridine rings is 1. The average molecular weight is 367 g/mol. The highest BCUT2D eigenvalue weighted by molar-refractivity contribution is 7.09. The molecule has 0 aliphatic rings. The zero-order valence-corrected chi connectivity index (χ0v) is 15.9. The highest BCUT2D eigenvalue weighted by atomic mass is 32.1. The van der Waals surface area contributed by atoms with Gasteiger partial charge in [-0.1, -0.05) is 12.1 Å². The summed E-state index contributed by atoms with van der Waals surface area (Å²) >= 11 is 1.49. The van der Waals surface area contributed by atoms with Crippen molar-refractivity contribution < 1.29 is 9.53 Å². The molecule has 26 heavy (non-hydrogen) atoms. The molecule has 3 aromatic rings. The lowest BCUT2D eigenvalue weighted by Gasteiger charge is -2.09. The number of hydrogen-bond donors (Lipinski definition) is 1. The average Bonchev–Trinajstić information content (AvgIpc) is 3.06. The first kappa shape index (κ1) is 18.1. The number of rotatable bonds is 6. The second-order valence-electron chi connectivity index (χ2n) is 6.13. The number of aryl methyl sites for hydroxylation is 2. The number of aromatic nitrogens is 2. The number of anilines is 1. The molecule has 0 fully saturated rings. The Morgan fingerprint density at radius 3 is 2.81 bits per heavy atom. The van der Waals surface area contributed by atoms with E-state index in [0.717, 1.165) is 33.2 Å². The zero-order valence-electron chi connectivity index (χ0n) is 15.1. The van der Waals surface area contributed by atoms with Crippen LogP contribution in [0, 0.1) is 20.8 Å². The van der Waals surface area contributed by atoms with Crippen molar-refractivity contribution in [1.82, 2.24) is 9.97 Å². The molecule has 0 bridgehead atoms. The molecule has 134 valence electrons. The number of nitrogens with zero attached hydrogens (tertiary/aromatic N) is 2. The van der Waals surface area contributed by atoms with E-state index in [9.17, 15) is 4.79 Å². The van der Waals surface area contributed by atoms with Gasteiger partial charge in [0.1, 0.15) is 17.4 Å². The van der Waals surface area contributed by atoms with Crippen molar-refractivity contribution >= 4 is 22.9 Å². The van der Waals surface area contributed by atoms with E-state index in [2.05, 4.69) is 15.3 Å². The van der Waals surface area contributed by atoms with E-state index in [1.54, 1.807) is 6.20 Å². The number of thiazole rings is 1. The van der Waals surface area contributed by atoms with Crippen LogP contribution in [0.15, 0.2) is 41.9 Å². The summed E-state index contributed by atoms with van der Waals surface area (Å²) in [6.07, 6.45) is 1.94. The first-order valence-corrected chi connectivity index (χ1v) is 9.24. The van der Waals surface area contributed by atoms with E-state index in [1.807, 2.05) is 56.5 Å². The normalized spacial score (nSPS) is 10.6. The Bertz CT molecular complexity index is 904. The summed E-state index contributed by atoms with van der Waals surface area (Å²) in [7, 11) is 0. The standard InChI is InChI=1S/C20H21N3O2S/c1-13-5-4-6-18(15(13)3)23-19(24)9-16-12-26-20(22-16)11-25-17-8-7-14(2)21-10-17/h4-8,10,12H,9,11H2,1-3H3,(H,23,24). The molecular weight excluding hydrogens is 346 g/mol. The third kappa shape index (κ3) is 4.67. The summed E-state index contributed by atoms with van der Waals surface area (Å²) in [5.41, 5.74) is 4.78. The molecule has 6 heteroatoms. The Morgan fingerprint density at radius 2 is 2.04 bits per heavy atom. The molecule has 0 radical (unpaired) electrons. The number of carbonyl (C=O) groups excluding carboxylic acids is 1. The van der Waals surface area contributed by atoms with Gasteiger partial charge in [0.05, 0.1) is 18.3 Å².